The zero-order valence-corrected chi connectivity index (χ0v) is 18.6. The summed E-state index contributed by atoms with van der Waals surface area (Å²) in [6.45, 7) is 0. The third kappa shape index (κ3) is 3.08. The SMILES string of the molecule is CN(C)c1cncc(-c2ccc3[nH]nc(-c4cc5c(-c6cccs6)cccc5[nH]4)c3c2)c1. The Hall–Kier alpha value is -3.90. The van der Waals surface area contributed by atoms with E-state index in [2.05, 4.69) is 91.1 Å². The topological polar surface area (TPSA) is 60.6 Å². The van der Waals surface area contributed by atoms with Crippen LogP contribution in [0.1, 0.15) is 0 Å². The maximum Gasteiger partial charge on any atom is 0.116 e. The molecule has 0 atom stereocenters. The highest BCUT2D eigenvalue weighted by Gasteiger charge is 2.14. The van der Waals surface area contributed by atoms with Crippen molar-refractivity contribution in [1.29, 1.82) is 0 Å². The summed E-state index contributed by atoms with van der Waals surface area (Å²) in [6, 6.07) is 21.4. The van der Waals surface area contributed by atoms with E-state index in [0.29, 0.717) is 0 Å². The fourth-order valence-corrected chi connectivity index (χ4v) is 4.92. The number of fused-ring (bicyclic) bond motifs is 2. The Kier molecular flexibility index (Phi) is 4.33. The van der Waals surface area contributed by atoms with Crippen LogP contribution in [0.25, 0.3) is 54.8 Å². The number of anilines is 1. The first-order valence-corrected chi connectivity index (χ1v) is 11.3. The number of thiophene rings is 1. The molecule has 0 fully saturated rings. The molecule has 0 aliphatic heterocycles. The third-order valence-electron chi connectivity index (χ3n) is 5.84. The lowest BCUT2D eigenvalue weighted by Crippen LogP contribution is -2.08. The van der Waals surface area contributed by atoms with Crippen molar-refractivity contribution in [1.82, 2.24) is 20.2 Å². The highest BCUT2D eigenvalue weighted by atomic mass is 32.1. The number of pyridine rings is 1. The molecule has 156 valence electrons. The Bertz CT molecular complexity index is 1560. The predicted octanol–water partition coefficient (Wildman–Crippen LogP) is 6.57. The van der Waals surface area contributed by atoms with Crippen LogP contribution in [0.15, 0.2) is 78.4 Å². The summed E-state index contributed by atoms with van der Waals surface area (Å²) in [6.07, 6.45) is 3.78. The zero-order chi connectivity index (χ0) is 21.7. The molecule has 6 heteroatoms. The molecule has 0 spiro atoms. The molecule has 0 saturated carbocycles. The van der Waals surface area contributed by atoms with Crippen LogP contribution in [0.5, 0.6) is 0 Å². The van der Waals surface area contributed by atoms with E-state index in [1.807, 2.05) is 26.5 Å². The maximum absolute atomic E-state index is 4.66. The fraction of sp³-hybridized carbons (Fsp3) is 0.0769. The largest absolute Gasteiger partial charge is 0.376 e. The van der Waals surface area contributed by atoms with Gasteiger partial charge in [0.2, 0.25) is 0 Å². The number of hydrogen-bond donors (Lipinski definition) is 2. The predicted molar refractivity (Wildman–Crippen MR) is 134 cm³/mol. The van der Waals surface area contributed by atoms with Gasteiger partial charge in [0.15, 0.2) is 0 Å². The van der Waals surface area contributed by atoms with Crippen molar-refractivity contribution in [2.45, 2.75) is 0 Å². The van der Waals surface area contributed by atoms with Crippen LogP contribution >= 0.6 is 11.3 Å². The molecule has 5 nitrogen and oxygen atoms in total. The van der Waals surface area contributed by atoms with Gasteiger partial charge in [-0.25, -0.2) is 0 Å². The molecule has 6 rings (SSSR count). The molecule has 0 unspecified atom stereocenters. The minimum atomic E-state index is 0.923. The number of nitrogens with zero attached hydrogens (tertiary/aromatic N) is 3. The van der Waals surface area contributed by atoms with Gasteiger partial charge in [0, 0.05) is 52.6 Å². The van der Waals surface area contributed by atoms with Crippen LogP contribution in [0.3, 0.4) is 0 Å². The van der Waals surface area contributed by atoms with Crippen LogP contribution in [0, 0.1) is 0 Å². The van der Waals surface area contributed by atoms with Crippen molar-refractivity contribution in [3.63, 3.8) is 0 Å². The first-order valence-electron chi connectivity index (χ1n) is 10.4. The van der Waals surface area contributed by atoms with Crippen LogP contribution in [0.2, 0.25) is 0 Å². The van der Waals surface area contributed by atoms with E-state index >= 15 is 0 Å². The van der Waals surface area contributed by atoms with Crippen molar-refractivity contribution >= 4 is 38.8 Å². The van der Waals surface area contributed by atoms with E-state index in [0.717, 1.165) is 44.6 Å². The Morgan fingerprint density at radius 3 is 2.62 bits per heavy atom. The molecule has 4 heterocycles. The Labute approximate surface area is 189 Å². The van der Waals surface area contributed by atoms with Crippen molar-refractivity contribution < 1.29 is 0 Å². The first-order chi connectivity index (χ1) is 15.7. The molecule has 0 saturated heterocycles. The molecule has 0 aliphatic rings. The summed E-state index contributed by atoms with van der Waals surface area (Å²) in [5.41, 5.74) is 8.57. The van der Waals surface area contributed by atoms with Crippen LogP contribution in [0.4, 0.5) is 5.69 Å². The van der Waals surface area contributed by atoms with Crippen molar-refractivity contribution in [3.05, 3.63) is 78.4 Å². The highest BCUT2D eigenvalue weighted by molar-refractivity contribution is 7.13. The van der Waals surface area contributed by atoms with E-state index in [-0.39, 0.29) is 0 Å². The normalized spacial score (nSPS) is 11.4. The van der Waals surface area contributed by atoms with Gasteiger partial charge in [-0.3, -0.25) is 10.1 Å². The Morgan fingerprint density at radius 2 is 1.78 bits per heavy atom. The smallest absolute Gasteiger partial charge is 0.116 e. The number of aromatic amines is 2. The van der Waals surface area contributed by atoms with E-state index in [1.54, 1.807) is 11.3 Å². The van der Waals surface area contributed by atoms with Gasteiger partial charge in [0.05, 0.1) is 23.1 Å². The summed E-state index contributed by atoms with van der Waals surface area (Å²) in [4.78, 5) is 11.3. The van der Waals surface area contributed by atoms with Gasteiger partial charge < -0.3 is 9.88 Å². The molecule has 2 N–H and O–H groups in total. The van der Waals surface area contributed by atoms with Gasteiger partial charge in [-0.1, -0.05) is 24.3 Å². The maximum atomic E-state index is 4.66. The van der Waals surface area contributed by atoms with Crippen molar-refractivity contribution in [3.8, 4) is 33.0 Å². The lowest BCUT2D eigenvalue weighted by Gasteiger charge is -2.13. The molecule has 6 aromatic rings. The lowest BCUT2D eigenvalue weighted by atomic mass is 10.0. The zero-order valence-electron chi connectivity index (χ0n) is 17.8. The minimum absolute atomic E-state index is 0.923. The molecular formula is C26H21N5S. The average molecular weight is 436 g/mol. The number of H-pyrrole nitrogens is 2. The molecule has 0 radical (unpaired) electrons. The first kappa shape index (κ1) is 18.8. The lowest BCUT2D eigenvalue weighted by molar-refractivity contribution is 1.11. The second-order valence-electron chi connectivity index (χ2n) is 8.09. The molecule has 2 aromatic carbocycles. The van der Waals surface area contributed by atoms with Gasteiger partial charge in [-0.05, 0) is 47.3 Å². The Morgan fingerprint density at radius 1 is 0.844 bits per heavy atom. The van der Waals surface area contributed by atoms with Crippen LogP contribution in [-0.2, 0) is 0 Å². The van der Waals surface area contributed by atoms with Crippen LogP contribution in [-0.4, -0.2) is 34.3 Å². The average Bonchev–Trinajstić information content (AvgIpc) is 3.57. The quantitative estimate of drug-likeness (QED) is 0.329. The Balaban J connectivity index is 1.49. The third-order valence-corrected chi connectivity index (χ3v) is 6.75. The molecule has 0 aliphatic carbocycles. The van der Waals surface area contributed by atoms with E-state index in [1.165, 1.54) is 15.8 Å². The number of benzene rings is 2. The molecule has 0 amide bonds. The van der Waals surface area contributed by atoms with Gasteiger partial charge >= 0.3 is 0 Å². The minimum Gasteiger partial charge on any atom is -0.376 e. The summed E-state index contributed by atoms with van der Waals surface area (Å²) >= 11 is 1.76. The molecule has 4 aromatic heterocycles. The van der Waals surface area contributed by atoms with Crippen molar-refractivity contribution in [2.75, 3.05) is 19.0 Å². The highest BCUT2D eigenvalue weighted by Crippen LogP contribution is 2.36. The second-order valence-corrected chi connectivity index (χ2v) is 9.03. The fourth-order valence-electron chi connectivity index (χ4n) is 4.16. The van der Waals surface area contributed by atoms with E-state index in [9.17, 15) is 0 Å². The van der Waals surface area contributed by atoms with Crippen LogP contribution < -0.4 is 4.90 Å². The summed E-state index contributed by atoms with van der Waals surface area (Å²) in [7, 11) is 4.05. The molecular weight excluding hydrogens is 414 g/mol. The molecule has 32 heavy (non-hydrogen) atoms. The summed E-state index contributed by atoms with van der Waals surface area (Å²) in [5.74, 6) is 0. The van der Waals surface area contributed by atoms with Crippen molar-refractivity contribution in [2.24, 2.45) is 0 Å². The number of aromatic nitrogens is 4. The number of nitrogens with one attached hydrogen (secondary N) is 2. The van der Waals surface area contributed by atoms with E-state index < -0.39 is 0 Å². The standard InChI is InChI=1S/C26H21N5S/c1-31(2)18-11-17(14-27-15-18)16-8-9-23-21(12-16)26(30-29-23)24-13-20-19(25-7-4-10-32-25)5-3-6-22(20)28-24/h3-15,28H,1-2H3,(H,29,30). The van der Waals surface area contributed by atoms with Gasteiger partial charge in [0.25, 0.3) is 0 Å². The van der Waals surface area contributed by atoms with Gasteiger partial charge in [-0.15, -0.1) is 11.3 Å². The summed E-state index contributed by atoms with van der Waals surface area (Å²) in [5, 5.41) is 12.3. The summed E-state index contributed by atoms with van der Waals surface area (Å²) < 4.78 is 0. The number of hydrogen-bond acceptors (Lipinski definition) is 4. The number of rotatable bonds is 4. The van der Waals surface area contributed by atoms with E-state index in [4.69, 9.17) is 0 Å². The second kappa shape index (κ2) is 7.35. The van der Waals surface area contributed by atoms with Gasteiger partial charge in [-0.2, -0.15) is 5.10 Å². The molecule has 0 bridgehead atoms. The van der Waals surface area contributed by atoms with Gasteiger partial charge in [0.1, 0.15) is 5.69 Å². The monoisotopic (exact) mass is 435 g/mol.